The second-order valence-electron chi connectivity index (χ2n) is 4.60. The van der Waals surface area contributed by atoms with Gasteiger partial charge in [0.2, 0.25) is 0 Å². The Labute approximate surface area is 82.9 Å². The first-order chi connectivity index (χ1) is 5.41. The van der Waals surface area contributed by atoms with Gasteiger partial charge in [-0.3, -0.25) is 0 Å². The Morgan fingerprint density at radius 3 is 2.08 bits per heavy atom. The van der Waals surface area contributed by atoms with Crippen LogP contribution in [0.4, 0.5) is 0 Å². The van der Waals surface area contributed by atoms with E-state index in [1.165, 1.54) is 0 Å². The lowest BCUT2D eigenvalue weighted by molar-refractivity contribution is 0.192. The van der Waals surface area contributed by atoms with Crippen LogP contribution in [-0.4, -0.2) is 30.8 Å². The minimum absolute atomic E-state index is 0.380. The maximum absolute atomic E-state index is 4.40. The van der Waals surface area contributed by atoms with E-state index in [1.54, 1.807) is 0 Å². The third-order valence-corrected chi connectivity index (χ3v) is 2.96. The molecule has 0 amide bonds. The molecule has 0 aromatic heterocycles. The van der Waals surface area contributed by atoms with E-state index in [0.29, 0.717) is 11.3 Å². The maximum atomic E-state index is 4.40. The van der Waals surface area contributed by atoms with Crippen molar-refractivity contribution in [2.75, 3.05) is 25.9 Å². The van der Waals surface area contributed by atoms with Crippen LogP contribution < -0.4 is 0 Å². The van der Waals surface area contributed by atoms with Crippen LogP contribution in [0.15, 0.2) is 0 Å². The molecule has 0 heterocycles. The highest BCUT2D eigenvalue weighted by Gasteiger charge is 2.23. The molecule has 12 heavy (non-hydrogen) atoms. The van der Waals surface area contributed by atoms with Crippen LogP contribution >= 0.6 is 12.6 Å². The fourth-order valence-electron chi connectivity index (χ4n) is 1.11. The van der Waals surface area contributed by atoms with Gasteiger partial charge in [-0.25, -0.2) is 0 Å². The van der Waals surface area contributed by atoms with Crippen molar-refractivity contribution >= 4 is 12.6 Å². The van der Waals surface area contributed by atoms with Crippen LogP contribution in [0, 0.1) is 11.3 Å². The maximum Gasteiger partial charge on any atom is 0.00193 e. The summed E-state index contributed by atoms with van der Waals surface area (Å²) in [5, 5.41) is 0. The molecule has 0 aromatic carbocycles. The number of nitrogens with zero attached hydrogens (tertiary/aromatic N) is 1. The molecule has 0 aliphatic heterocycles. The molecule has 0 saturated heterocycles. The van der Waals surface area contributed by atoms with Crippen molar-refractivity contribution in [3.8, 4) is 0 Å². The molecule has 0 radical (unpaired) electrons. The molecule has 0 spiro atoms. The molecule has 0 saturated carbocycles. The van der Waals surface area contributed by atoms with Crippen molar-refractivity contribution in [3.05, 3.63) is 0 Å². The summed E-state index contributed by atoms with van der Waals surface area (Å²) in [7, 11) is 2.17. The van der Waals surface area contributed by atoms with Gasteiger partial charge in [0.05, 0.1) is 0 Å². The minimum Gasteiger partial charge on any atom is -0.306 e. The summed E-state index contributed by atoms with van der Waals surface area (Å²) in [5.41, 5.74) is 0.380. The second-order valence-corrected chi connectivity index (χ2v) is 4.97. The van der Waals surface area contributed by atoms with Gasteiger partial charge in [0.25, 0.3) is 0 Å². The van der Waals surface area contributed by atoms with Gasteiger partial charge in [-0.15, -0.1) is 0 Å². The van der Waals surface area contributed by atoms with Crippen molar-refractivity contribution < 1.29 is 0 Å². The summed E-state index contributed by atoms with van der Waals surface area (Å²) >= 11 is 4.40. The molecular formula is C10H23NS. The molecule has 1 unspecified atom stereocenters. The first kappa shape index (κ1) is 12.3. The van der Waals surface area contributed by atoms with Gasteiger partial charge >= 0.3 is 0 Å². The predicted molar refractivity (Wildman–Crippen MR) is 60.0 cm³/mol. The van der Waals surface area contributed by atoms with Gasteiger partial charge in [0.15, 0.2) is 0 Å². The molecule has 1 atom stereocenters. The first-order valence-corrected chi connectivity index (χ1v) is 5.34. The molecule has 0 aliphatic carbocycles. The van der Waals surface area contributed by atoms with E-state index < -0.39 is 0 Å². The summed E-state index contributed by atoms with van der Waals surface area (Å²) in [6.45, 7) is 11.3. The van der Waals surface area contributed by atoms with E-state index in [4.69, 9.17) is 0 Å². The van der Waals surface area contributed by atoms with E-state index in [2.05, 4.69) is 52.3 Å². The normalized spacial score (nSPS) is 15.2. The van der Waals surface area contributed by atoms with Gasteiger partial charge in [0.1, 0.15) is 0 Å². The highest BCUT2D eigenvalue weighted by atomic mass is 32.1. The van der Waals surface area contributed by atoms with Crippen molar-refractivity contribution in [3.63, 3.8) is 0 Å². The lowest BCUT2D eigenvalue weighted by Crippen LogP contribution is -2.34. The highest BCUT2D eigenvalue weighted by Crippen LogP contribution is 2.27. The third kappa shape index (κ3) is 4.36. The monoisotopic (exact) mass is 189 g/mol. The molecule has 0 aliphatic rings. The highest BCUT2D eigenvalue weighted by molar-refractivity contribution is 7.80. The van der Waals surface area contributed by atoms with Crippen molar-refractivity contribution in [2.24, 2.45) is 11.3 Å². The first-order valence-electron chi connectivity index (χ1n) is 4.71. The Morgan fingerprint density at radius 1 is 1.33 bits per heavy atom. The van der Waals surface area contributed by atoms with Crippen LogP contribution in [0.3, 0.4) is 0 Å². The molecule has 0 aromatic rings. The van der Waals surface area contributed by atoms with Crippen molar-refractivity contribution in [1.29, 1.82) is 0 Å². The minimum atomic E-state index is 0.380. The van der Waals surface area contributed by atoms with Crippen molar-refractivity contribution in [1.82, 2.24) is 4.90 Å². The van der Waals surface area contributed by atoms with Gasteiger partial charge in [-0.2, -0.15) is 12.6 Å². The van der Waals surface area contributed by atoms with Gasteiger partial charge in [-0.1, -0.05) is 27.7 Å². The Balaban J connectivity index is 4.00. The fraction of sp³-hybridized carbons (Fsp3) is 1.00. The lowest BCUT2D eigenvalue weighted by Gasteiger charge is -2.32. The summed E-state index contributed by atoms with van der Waals surface area (Å²) < 4.78 is 0. The van der Waals surface area contributed by atoms with Gasteiger partial charge < -0.3 is 4.90 Å². The summed E-state index contributed by atoms with van der Waals surface area (Å²) in [6.07, 6.45) is 0. The average Bonchev–Trinajstić information content (AvgIpc) is 1.97. The van der Waals surface area contributed by atoms with Crippen molar-refractivity contribution in [2.45, 2.75) is 27.7 Å². The topological polar surface area (TPSA) is 3.24 Å². The van der Waals surface area contributed by atoms with E-state index in [9.17, 15) is 0 Å². The zero-order valence-corrected chi connectivity index (χ0v) is 9.99. The molecule has 0 fully saturated rings. The van der Waals surface area contributed by atoms with Crippen LogP contribution in [0.1, 0.15) is 27.7 Å². The number of thiol groups is 1. The standard InChI is InChI=1S/C10H23NS/c1-6-11(5)7-9(8-12)10(2,3)4/h9,12H,6-8H2,1-5H3. The quantitative estimate of drug-likeness (QED) is 0.665. The van der Waals surface area contributed by atoms with Crippen LogP contribution in [0.25, 0.3) is 0 Å². The van der Waals surface area contributed by atoms with Crippen LogP contribution in [-0.2, 0) is 0 Å². The van der Waals surface area contributed by atoms with Gasteiger partial charge in [0, 0.05) is 6.54 Å². The van der Waals surface area contributed by atoms with Gasteiger partial charge in [-0.05, 0) is 30.7 Å². The predicted octanol–water partition coefficient (Wildman–Crippen LogP) is 2.53. The summed E-state index contributed by atoms with van der Waals surface area (Å²) in [4.78, 5) is 2.35. The number of rotatable bonds is 4. The summed E-state index contributed by atoms with van der Waals surface area (Å²) in [6, 6.07) is 0. The smallest absolute Gasteiger partial charge is 0.00193 e. The fourth-order valence-corrected chi connectivity index (χ4v) is 1.77. The molecule has 74 valence electrons. The average molecular weight is 189 g/mol. The molecule has 1 nitrogen and oxygen atoms in total. The van der Waals surface area contributed by atoms with E-state index >= 15 is 0 Å². The Bertz CT molecular complexity index is 117. The zero-order chi connectivity index (χ0) is 9.78. The summed E-state index contributed by atoms with van der Waals surface area (Å²) in [5.74, 6) is 1.67. The van der Waals surface area contributed by atoms with Crippen LogP contribution in [0.2, 0.25) is 0 Å². The molecule has 0 bridgehead atoms. The second kappa shape index (κ2) is 5.13. The number of hydrogen-bond acceptors (Lipinski definition) is 2. The molecular weight excluding hydrogens is 166 g/mol. The van der Waals surface area contributed by atoms with E-state index in [1.807, 2.05) is 0 Å². The lowest BCUT2D eigenvalue weighted by atomic mass is 9.81. The van der Waals surface area contributed by atoms with Crippen LogP contribution in [0.5, 0.6) is 0 Å². The van der Waals surface area contributed by atoms with E-state index in [0.717, 1.165) is 18.8 Å². The third-order valence-electron chi connectivity index (χ3n) is 2.52. The Morgan fingerprint density at radius 2 is 1.83 bits per heavy atom. The van der Waals surface area contributed by atoms with E-state index in [-0.39, 0.29) is 0 Å². The number of hydrogen-bond donors (Lipinski definition) is 1. The Kier molecular flexibility index (Phi) is 5.26. The SMILES string of the molecule is CCN(C)CC(CS)C(C)(C)C. The molecule has 0 N–H and O–H groups in total. The molecule has 2 heteroatoms. The molecule has 0 rings (SSSR count). The zero-order valence-electron chi connectivity index (χ0n) is 9.09. The Hall–Kier alpha value is 0.310. The largest absolute Gasteiger partial charge is 0.306 e.